The van der Waals surface area contributed by atoms with E-state index >= 15 is 0 Å². The van der Waals surface area contributed by atoms with Gasteiger partial charge in [-0.25, -0.2) is 0 Å². The molecule has 0 amide bonds. The van der Waals surface area contributed by atoms with Crippen LogP contribution in [-0.2, 0) is 16.0 Å². The lowest BCUT2D eigenvalue weighted by Crippen LogP contribution is -2.26. The first kappa shape index (κ1) is 13.1. The lowest BCUT2D eigenvalue weighted by atomic mass is 9.95. The number of ether oxygens (including phenoxy) is 2. The van der Waals surface area contributed by atoms with Crippen molar-refractivity contribution in [1.29, 1.82) is 0 Å². The predicted molar refractivity (Wildman–Crippen MR) is 70.0 cm³/mol. The molecule has 0 saturated carbocycles. The molecule has 3 heteroatoms. The van der Waals surface area contributed by atoms with Gasteiger partial charge in [0.2, 0.25) is 0 Å². The summed E-state index contributed by atoms with van der Waals surface area (Å²) in [7, 11) is 1.63. The minimum Gasteiger partial charge on any atom is -0.496 e. The average Bonchev–Trinajstić information content (AvgIpc) is 2.76. The van der Waals surface area contributed by atoms with Gasteiger partial charge < -0.3 is 9.47 Å². The maximum Gasteiger partial charge on any atom is 0.166 e. The molecule has 2 rings (SSSR count). The van der Waals surface area contributed by atoms with E-state index in [4.69, 9.17) is 9.47 Å². The first-order valence-electron chi connectivity index (χ1n) is 6.39. The fourth-order valence-electron chi connectivity index (χ4n) is 2.44. The maximum atomic E-state index is 12.2. The third-order valence-corrected chi connectivity index (χ3v) is 3.51. The third-order valence-electron chi connectivity index (χ3n) is 3.51. The number of ketones is 1. The summed E-state index contributed by atoms with van der Waals surface area (Å²) in [5.74, 6) is 1.26. The summed E-state index contributed by atoms with van der Waals surface area (Å²) in [6.07, 6.45) is 1.12. The maximum absolute atomic E-state index is 12.2. The Morgan fingerprint density at radius 1 is 1.50 bits per heavy atom. The van der Waals surface area contributed by atoms with Crippen LogP contribution in [0.5, 0.6) is 5.75 Å². The topological polar surface area (TPSA) is 35.5 Å². The molecule has 3 nitrogen and oxygen atoms in total. The second-order valence-electron chi connectivity index (χ2n) is 5.02. The fraction of sp³-hybridized carbons (Fsp3) is 0.533. The van der Waals surface area contributed by atoms with Gasteiger partial charge in [-0.1, -0.05) is 24.6 Å². The number of hydrogen-bond acceptors (Lipinski definition) is 3. The number of carbonyl (C=O) groups is 1. The first-order chi connectivity index (χ1) is 8.61. The number of rotatable bonds is 4. The molecule has 98 valence electrons. The van der Waals surface area contributed by atoms with Gasteiger partial charge in [0.05, 0.1) is 7.11 Å². The standard InChI is InChI=1S/C15H20O3/c1-10-4-5-14(17-3)12(8-10)9-13(16)15-11(2)6-7-18-15/h4-5,8,11,15H,6-7,9H2,1-3H3. The van der Waals surface area contributed by atoms with E-state index in [0.717, 1.165) is 23.3 Å². The van der Waals surface area contributed by atoms with Gasteiger partial charge in [-0.3, -0.25) is 4.79 Å². The smallest absolute Gasteiger partial charge is 0.166 e. The average molecular weight is 248 g/mol. The molecule has 0 N–H and O–H groups in total. The van der Waals surface area contributed by atoms with Crippen LogP contribution in [0.1, 0.15) is 24.5 Å². The number of aryl methyl sites for hydroxylation is 1. The largest absolute Gasteiger partial charge is 0.496 e. The van der Waals surface area contributed by atoms with Crippen LogP contribution in [0.4, 0.5) is 0 Å². The molecule has 2 unspecified atom stereocenters. The van der Waals surface area contributed by atoms with Crippen LogP contribution in [0.25, 0.3) is 0 Å². The number of methoxy groups -OCH3 is 1. The van der Waals surface area contributed by atoms with Crippen molar-refractivity contribution in [2.24, 2.45) is 5.92 Å². The van der Waals surface area contributed by atoms with Crippen LogP contribution in [-0.4, -0.2) is 25.6 Å². The number of Topliss-reactive ketones (excluding diaryl/α,β-unsaturated/α-hetero) is 1. The monoisotopic (exact) mass is 248 g/mol. The zero-order valence-electron chi connectivity index (χ0n) is 11.2. The molecule has 1 aromatic carbocycles. The van der Waals surface area contributed by atoms with Crippen molar-refractivity contribution in [2.75, 3.05) is 13.7 Å². The summed E-state index contributed by atoms with van der Waals surface area (Å²) in [4.78, 5) is 12.2. The number of benzene rings is 1. The Balaban J connectivity index is 2.13. The lowest BCUT2D eigenvalue weighted by molar-refractivity contribution is -0.128. The van der Waals surface area contributed by atoms with E-state index in [1.165, 1.54) is 0 Å². The molecule has 1 saturated heterocycles. The Labute approximate surface area is 108 Å². The Morgan fingerprint density at radius 2 is 2.28 bits per heavy atom. The van der Waals surface area contributed by atoms with Crippen molar-refractivity contribution in [2.45, 2.75) is 32.8 Å². The SMILES string of the molecule is COc1ccc(C)cc1CC(=O)C1OCCC1C. The van der Waals surface area contributed by atoms with Crippen molar-refractivity contribution in [3.05, 3.63) is 29.3 Å². The highest BCUT2D eigenvalue weighted by Crippen LogP contribution is 2.25. The zero-order valence-corrected chi connectivity index (χ0v) is 11.2. The summed E-state index contributed by atoms with van der Waals surface area (Å²) in [5.41, 5.74) is 2.09. The molecule has 1 aliphatic heterocycles. The van der Waals surface area contributed by atoms with E-state index in [-0.39, 0.29) is 11.9 Å². The van der Waals surface area contributed by atoms with Crippen molar-refractivity contribution in [1.82, 2.24) is 0 Å². The van der Waals surface area contributed by atoms with Gasteiger partial charge in [0.15, 0.2) is 5.78 Å². The highest BCUT2D eigenvalue weighted by atomic mass is 16.5. The first-order valence-corrected chi connectivity index (χ1v) is 6.39. The number of hydrogen-bond donors (Lipinski definition) is 0. The zero-order chi connectivity index (χ0) is 13.1. The molecular weight excluding hydrogens is 228 g/mol. The molecule has 18 heavy (non-hydrogen) atoms. The van der Waals surface area contributed by atoms with Gasteiger partial charge in [-0.2, -0.15) is 0 Å². The van der Waals surface area contributed by atoms with Gasteiger partial charge in [0.25, 0.3) is 0 Å². The quantitative estimate of drug-likeness (QED) is 0.821. The van der Waals surface area contributed by atoms with Crippen molar-refractivity contribution in [3.8, 4) is 5.75 Å². The minimum atomic E-state index is -0.241. The van der Waals surface area contributed by atoms with Gasteiger partial charge in [-0.05, 0) is 25.3 Å². The van der Waals surface area contributed by atoms with Gasteiger partial charge in [0, 0.05) is 18.6 Å². The Bertz CT molecular complexity index is 439. The molecular formula is C15H20O3. The second-order valence-corrected chi connectivity index (χ2v) is 5.02. The van der Waals surface area contributed by atoms with E-state index in [1.54, 1.807) is 7.11 Å². The van der Waals surface area contributed by atoms with Crippen molar-refractivity contribution < 1.29 is 14.3 Å². The van der Waals surface area contributed by atoms with Gasteiger partial charge >= 0.3 is 0 Å². The van der Waals surface area contributed by atoms with Crippen LogP contribution in [0.2, 0.25) is 0 Å². The van der Waals surface area contributed by atoms with Gasteiger partial charge in [0.1, 0.15) is 11.9 Å². The Kier molecular flexibility index (Phi) is 4.02. The molecule has 0 aromatic heterocycles. The van der Waals surface area contributed by atoms with E-state index in [1.807, 2.05) is 25.1 Å². The predicted octanol–water partition coefficient (Wildman–Crippen LogP) is 2.54. The van der Waals surface area contributed by atoms with Crippen molar-refractivity contribution in [3.63, 3.8) is 0 Å². The van der Waals surface area contributed by atoms with E-state index in [0.29, 0.717) is 18.9 Å². The fourth-order valence-corrected chi connectivity index (χ4v) is 2.44. The van der Waals surface area contributed by atoms with Crippen LogP contribution >= 0.6 is 0 Å². The molecule has 1 fully saturated rings. The van der Waals surface area contributed by atoms with E-state index in [9.17, 15) is 4.79 Å². The molecule has 0 bridgehead atoms. The Hall–Kier alpha value is -1.35. The molecule has 0 radical (unpaired) electrons. The molecule has 1 aliphatic rings. The Morgan fingerprint density at radius 3 is 2.89 bits per heavy atom. The van der Waals surface area contributed by atoms with Crippen LogP contribution < -0.4 is 4.74 Å². The summed E-state index contributed by atoms with van der Waals surface area (Å²) >= 11 is 0. The molecule has 0 aliphatic carbocycles. The number of carbonyl (C=O) groups excluding carboxylic acids is 1. The summed E-state index contributed by atoms with van der Waals surface area (Å²) < 4.78 is 10.8. The van der Waals surface area contributed by atoms with Crippen LogP contribution in [0, 0.1) is 12.8 Å². The highest BCUT2D eigenvalue weighted by molar-refractivity contribution is 5.86. The molecule has 2 atom stereocenters. The van der Waals surface area contributed by atoms with Crippen LogP contribution in [0.3, 0.4) is 0 Å². The second kappa shape index (κ2) is 5.53. The minimum absolute atomic E-state index is 0.156. The molecule has 1 heterocycles. The lowest BCUT2D eigenvalue weighted by Gasteiger charge is -2.15. The van der Waals surface area contributed by atoms with E-state index in [2.05, 4.69) is 6.92 Å². The third kappa shape index (κ3) is 2.72. The summed E-state index contributed by atoms with van der Waals surface area (Å²) in [5, 5.41) is 0. The highest BCUT2D eigenvalue weighted by Gasteiger charge is 2.30. The normalized spacial score (nSPS) is 23.1. The molecule has 0 spiro atoms. The summed E-state index contributed by atoms with van der Waals surface area (Å²) in [6, 6.07) is 5.91. The molecule has 1 aromatic rings. The summed E-state index contributed by atoms with van der Waals surface area (Å²) in [6.45, 7) is 4.79. The van der Waals surface area contributed by atoms with Crippen molar-refractivity contribution >= 4 is 5.78 Å². The van der Waals surface area contributed by atoms with E-state index < -0.39 is 0 Å². The van der Waals surface area contributed by atoms with Gasteiger partial charge in [-0.15, -0.1) is 0 Å². The van der Waals surface area contributed by atoms with Crippen LogP contribution in [0.15, 0.2) is 18.2 Å².